The summed E-state index contributed by atoms with van der Waals surface area (Å²) in [5, 5.41) is 10.4. The van der Waals surface area contributed by atoms with Crippen LogP contribution in [0, 0.1) is 0 Å². The largest absolute Gasteiger partial charge is 0.393 e. The van der Waals surface area contributed by atoms with Crippen LogP contribution in [0.3, 0.4) is 0 Å². The summed E-state index contributed by atoms with van der Waals surface area (Å²) < 4.78 is 0. The Morgan fingerprint density at radius 3 is 2.21 bits per heavy atom. The smallest absolute Gasteiger partial charge is 0.0582 e. The normalized spacial score (nSPS) is 31.3. The van der Waals surface area contributed by atoms with Gasteiger partial charge in [-0.05, 0) is 25.0 Å². The Morgan fingerprint density at radius 1 is 1.29 bits per heavy atom. The van der Waals surface area contributed by atoms with E-state index >= 15 is 0 Å². The van der Waals surface area contributed by atoms with Gasteiger partial charge in [-0.25, -0.2) is 0 Å². The second kappa shape index (κ2) is 3.38. The molecule has 0 saturated heterocycles. The van der Waals surface area contributed by atoms with Gasteiger partial charge in [-0.2, -0.15) is 0 Å². The van der Waals surface area contributed by atoms with Gasteiger partial charge in [-0.15, -0.1) is 0 Å². The molecule has 3 N–H and O–H groups in total. The van der Waals surface area contributed by atoms with Gasteiger partial charge in [-0.3, -0.25) is 0 Å². The van der Waals surface area contributed by atoms with Crippen molar-refractivity contribution in [3.05, 3.63) is 33.8 Å². The molecule has 14 heavy (non-hydrogen) atoms. The van der Waals surface area contributed by atoms with Crippen LogP contribution in [0.25, 0.3) is 0 Å². The topological polar surface area (TPSA) is 46.2 Å². The molecular weight excluding hydrogens is 221 g/mol. The van der Waals surface area contributed by atoms with Crippen molar-refractivity contribution in [2.24, 2.45) is 5.73 Å². The molecule has 1 aliphatic rings. The Bertz CT molecular complexity index is 341. The van der Waals surface area contributed by atoms with Gasteiger partial charge in [0.2, 0.25) is 0 Å². The van der Waals surface area contributed by atoms with Crippen molar-refractivity contribution in [2.75, 3.05) is 0 Å². The second-order valence-electron chi connectivity index (χ2n) is 3.81. The number of aliphatic hydroxyl groups is 1. The third kappa shape index (κ3) is 1.52. The van der Waals surface area contributed by atoms with E-state index in [-0.39, 0.29) is 6.10 Å². The van der Waals surface area contributed by atoms with Crippen LogP contribution in [0.1, 0.15) is 18.4 Å². The number of rotatable bonds is 1. The third-order valence-corrected chi connectivity index (χ3v) is 3.29. The standard InChI is InChI=1S/C10H11Cl2NO/c11-7-2-1-3-8(12)9(7)10(13)4-6(14)5-10/h1-3,6,14H,4-5,13H2. The summed E-state index contributed by atoms with van der Waals surface area (Å²) in [5.74, 6) is 0. The summed E-state index contributed by atoms with van der Waals surface area (Å²) in [7, 11) is 0. The Morgan fingerprint density at radius 2 is 1.79 bits per heavy atom. The molecule has 76 valence electrons. The number of aliphatic hydroxyl groups excluding tert-OH is 1. The highest BCUT2D eigenvalue weighted by Crippen LogP contribution is 2.44. The first kappa shape index (κ1) is 10.2. The van der Waals surface area contributed by atoms with E-state index in [0.717, 1.165) is 5.56 Å². The molecule has 2 nitrogen and oxygen atoms in total. The van der Waals surface area contributed by atoms with Crippen LogP contribution in [-0.2, 0) is 5.54 Å². The lowest BCUT2D eigenvalue weighted by atomic mass is 9.70. The SMILES string of the molecule is NC1(c2c(Cl)cccc2Cl)CC(O)C1. The van der Waals surface area contributed by atoms with Crippen LogP contribution in [0.15, 0.2) is 18.2 Å². The van der Waals surface area contributed by atoms with Crippen LogP contribution in [0.5, 0.6) is 0 Å². The molecule has 4 heteroatoms. The molecule has 0 aromatic heterocycles. The van der Waals surface area contributed by atoms with Crippen molar-refractivity contribution in [1.82, 2.24) is 0 Å². The molecule has 0 aliphatic heterocycles. The number of halogens is 2. The zero-order valence-electron chi connectivity index (χ0n) is 7.50. The fraction of sp³-hybridized carbons (Fsp3) is 0.400. The first-order valence-electron chi connectivity index (χ1n) is 4.44. The first-order chi connectivity index (χ1) is 6.53. The maximum Gasteiger partial charge on any atom is 0.0582 e. The Hall–Kier alpha value is -0.280. The van der Waals surface area contributed by atoms with Gasteiger partial charge in [0.25, 0.3) is 0 Å². The molecule has 1 aromatic carbocycles. The molecule has 2 rings (SSSR count). The van der Waals surface area contributed by atoms with E-state index in [1.54, 1.807) is 18.2 Å². The molecule has 0 atom stereocenters. The highest BCUT2D eigenvalue weighted by Gasteiger charge is 2.43. The molecule has 0 unspecified atom stereocenters. The van der Waals surface area contributed by atoms with Gasteiger partial charge >= 0.3 is 0 Å². The molecule has 0 bridgehead atoms. The van der Waals surface area contributed by atoms with Crippen molar-refractivity contribution < 1.29 is 5.11 Å². The lowest BCUT2D eigenvalue weighted by Gasteiger charge is -2.43. The number of nitrogens with two attached hydrogens (primary N) is 1. The van der Waals surface area contributed by atoms with Crippen LogP contribution in [-0.4, -0.2) is 11.2 Å². The minimum Gasteiger partial charge on any atom is -0.393 e. The first-order valence-corrected chi connectivity index (χ1v) is 5.20. The minimum absolute atomic E-state index is 0.327. The molecule has 0 heterocycles. The van der Waals surface area contributed by atoms with Gasteiger partial charge in [0.05, 0.1) is 6.10 Å². The summed E-state index contributed by atoms with van der Waals surface area (Å²) in [6, 6.07) is 5.32. The van der Waals surface area contributed by atoms with Gasteiger partial charge in [0.15, 0.2) is 0 Å². The predicted molar refractivity (Wildman–Crippen MR) is 57.6 cm³/mol. The van der Waals surface area contributed by atoms with E-state index in [1.165, 1.54) is 0 Å². The molecule has 0 spiro atoms. The Labute approximate surface area is 92.6 Å². The van der Waals surface area contributed by atoms with Crippen LogP contribution < -0.4 is 5.73 Å². The maximum atomic E-state index is 9.26. The lowest BCUT2D eigenvalue weighted by molar-refractivity contribution is 0.0210. The molecular formula is C10H11Cl2NO. The van der Waals surface area contributed by atoms with E-state index in [0.29, 0.717) is 22.9 Å². The summed E-state index contributed by atoms with van der Waals surface area (Å²) >= 11 is 12.1. The highest BCUT2D eigenvalue weighted by atomic mass is 35.5. The molecule has 1 aromatic rings. The summed E-state index contributed by atoms with van der Waals surface area (Å²) in [4.78, 5) is 0. The van der Waals surface area contributed by atoms with E-state index in [4.69, 9.17) is 28.9 Å². The summed E-state index contributed by atoms with van der Waals surface area (Å²) in [5.41, 5.74) is 6.30. The fourth-order valence-electron chi connectivity index (χ4n) is 1.96. The summed E-state index contributed by atoms with van der Waals surface area (Å²) in [6.07, 6.45) is 0.722. The van der Waals surface area contributed by atoms with Crippen LogP contribution in [0.4, 0.5) is 0 Å². The third-order valence-electron chi connectivity index (χ3n) is 2.66. The number of hydrogen-bond acceptors (Lipinski definition) is 2. The van der Waals surface area contributed by atoms with Crippen LogP contribution >= 0.6 is 23.2 Å². The number of hydrogen-bond donors (Lipinski definition) is 2. The molecule has 0 amide bonds. The van der Waals surface area contributed by atoms with Crippen molar-refractivity contribution >= 4 is 23.2 Å². The predicted octanol–water partition coefficient (Wildman–Crippen LogP) is 2.30. The average Bonchev–Trinajstić information content (AvgIpc) is 2.00. The molecule has 0 radical (unpaired) electrons. The highest BCUT2D eigenvalue weighted by molar-refractivity contribution is 6.36. The monoisotopic (exact) mass is 231 g/mol. The quantitative estimate of drug-likeness (QED) is 0.780. The van der Waals surface area contributed by atoms with Gasteiger partial charge in [-0.1, -0.05) is 29.3 Å². The van der Waals surface area contributed by atoms with Crippen molar-refractivity contribution in [3.63, 3.8) is 0 Å². The molecule has 1 aliphatic carbocycles. The van der Waals surface area contributed by atoms with Crippen molar-refractivity contribution in [2.45, 2.75) is 24.5 Å². The van der Waals surface area contributed by atoms with E-state index in [9.17, 15) is 5.11 Å². The minimum atomic E-state index is -0.547. The van der Waals surface area contributed by atoms with Crippen molar-refractivity contribution in [1.29, 1.82) is 0 Å². The molecule has 1 fully saturated rings. The zero-order valence-corrected chi connectivity index (χ0v) is 9.02. The molecule has 1 saturated carbocycles. The Kier molecular flexibility index (Phi) is 2.48. The van der Waals surface area contributed by atoms with E-state index in [1.807, 2.05) is 0 Å². The number of benzene rings is 1. The van der Waals surface area contributed by atoms with Crippen LogP contribution in [0.2, 0.25) is 10.0 Å². The Balaban J connectivity index is 2.41. The van der Waals surface area contributed by atoms with Gasteiger partial charge < -0.3 is 10.8 Å². The lowest BCUT2D eigenvalue weighted by Crippen LogP contribution is -2.52. The van der Waals surface area contributed by atoms with E-state index in [2.05, 4.69) is 0 Å². The average molecular weight is 232 g/mol. The second-order valence-corrected chi connectivity index (χ2v) is 4.63. The van der Waals surface area contributed by atoms with Crippen molar-refractivity contribution in [3.8, 4) is 0 Å². The maximum absolute atomic E-state index is 9.26. The summed E-state index contributed by atoms with van der Waals surface area (Å²) in [6.45, 7) is 0. The van der Waals surface area contributed by atoms with Gasteiger partial charge in [0.1, 0.15) is 0 Å². The zero-order chi connectivity index (χ0) is 10.3. The fourth-order valence-corrected chi connectivity index (χ4v) is 2.73. The van der Waals surface area contributed by atoms with Gasteiger partial charge in [0, 0.05) is 21.1 Å². The van der Waals surface area contributed by atoms with E-state index < -0.39 is 5.54 Å².